The molecule has 0 spiro atoms. The Kier molecular flexibility index (Phi) is 4.77. The zero-order valence-electron chi connectivity index (χ0n) is 8.77. The molecule has 0 saturated carbocycles. The van der Waals surface area contributed by atoms with E-state index in [9.17, 15) is 4.79 Å². The van der Waals surface area contributed by atoms with Crippen LogP contribution in [-0.4, -0.2) is 22.7 Å². The van der Waals surface area contributed by atoms with Gasteiger partial charge in [-0.05, 0) is 18.6 Å². The molecule has 0 bridgehead atoms. The number of aromatic nitrogens is 1. The van der Waals surface area contributed by atoms with E-state index in [0.29, 0.717) is 6.61 Å². The van der Waals surface area contributed by atoms with E-state index in [-0.39, 0.29) is 5.56 Å². The maximum Gasteiger partial charge on any atom is 0.337 e. The molecule has 1 heterocycles. The van der Waals surface area contributed by atoms with E-state index in [1.54, 1.807) is 6.07 Å². The summed E-state index contributed by atoms with van der Waals surface area (Å²) in [6, 6.07) is 3.21. The van der Waals surface area contributed by atoms with Crippen LogP contribution in [0.1, 0.15) is 35.8 Å². The lowest BCUT2D eigenvalue weighted by molar-refractivity contribution is 0.0696. The van der Waals surface area contributed by atoms with E-state index in [1.807, 2.05) is 0 Å². The molecule has 1 N–H and O–H groups in total. The molecule has 0 radical (unpaired) electrons. The summed E-state index contributed by atoms with van der Waals surface area (Å²) < 4.78 is 5.35. The molecule has 1 rings (SSSR count). The van der Waals surface area contributed by atoms with Crippen LogP contribution >= 0.6 is 0 Å². The van der Waals surface area contributed by atoms with E-state index in [0.717, 1.165) is 25.1 Å². The van der Waals surface area contributed by atoms with Gasteiger partial charge in [-0.2, -0.15) is 0 Å². The highest BCUT2D eigenvalue weighted by Crippen LogP contribution is 2.02. The molecule has 82 valence electrons. The highest BCUT2D eigenvalue weighted by atomic mass is 16.5. The fourth-order valence-corrected chi connectivity index (χ4v) is 1.06. The molecule has 1 aromatic rings. The number of rotatable bonds is 6. The Morgan fingerprint density at radius 3 is 2.87 bits per heavy atom. The van der Waals surface area contributed by atoms with Gasteiger partial charge in [-0.1, -0.05) is 13.3 Å². The molecule has 0 atom stereocenters. The molecule has 4 heteroatoms. The molecule has 0 unspecified atom stereocenters. The standard InChI is InChI=1S/C11H15NO3/c1-2-3-6-15-8-10-5-4-9(7-12-10)11(13)14/h4-5,7H,2-3,6,8H2,1H3,(H,13,14). The van der Waals surface area contributed by atoms with Crippen molar-refractivity contribution >= 4 is 5.97 Å². The van der Waals surface area contributed by atoms with Gasteiger partial charge < -0.3 is 9.84 Å². The quantitative estimate of drug-likeness (QED) is 0.729. The molecule has 15 heavy (non-hydrogen) atoms. The predicted octanol–water partition coefficient (Wildman–Crippen LogP) is 2.10. The van der Waals surface area contributed by atoms with Gasteiger partial charge in [0.1, 0.15) is 0 Å². The number of carboxylic acids is 1. The van der Waals surface area contributed by atoms with E-state index in [2.05, 4.69) is 11.9 Å². The number of hydrogen-bond acceptors (Lipinski definition) is 3. The summed E-state index contributed by atoms with van der Waals surface area (Å²) in [5, 5.41) is 8.65. The Labute approximate surface area is 88.9 Å². The van der Waals surface area contributed by atoms with Gasteiger partial charge in [0.2, 0.25) is 0 Å². The minimum atomic E-state index is -0.957. The second kappa shape index (κ2) is 6.14. The van der Waals surface area contributed by atoms with E-state index in [4.69, 9.17) is 9.84 Å². The summed E-state index contributed by atoms with van der Waals surface area (Å²) >= 11 is 0. The topological polar surface area (TPSA) is 59.4 Å². The van der Waals surface area contributed by atoms with Gasteiger partial charge in [0.15, 0.2) is 0 Å². The number of pyridine rings is 1. The first-order valence-corrected chi connectivity index (χ1v) is 5.00. The van der Waals surface area contributed by atoms with Crippen LogP contribution in [0.5, 0.6) is 0 Å². The average molecular weight is 209 g/mol. The summed E-state index contributed by atoms with van der Waals surface area (Å²) in [6.45, 7) is 3.27. The number of unbranched alkanes of at least 4 members (excludes halogenated alkanes) is 1. The summed E-state index contributed by atoms with van der Waals surface area (Å²) in [6.07, 6.45) is 3.49. The van der Waals surface area contributed by atoms with Crippen LogP contribution in [0, 0.1) is 0 Å². The molecule has 0 aliphatic heterocycles. The number of ether oxygens (including phenoxy) is 1. The second-order valence-corrected chi connectivity index (χ2v) is 3.25. The highest BCUT2D eigenvalue weighted by molar-refractivity contribution is 5.87. The van der Waals surface area contributed by atoms with Crippen molar-refractivity contribution in [1.82, 2.24) is 4.98 Å². The Hall–Kier alpha value is -1.42. The number of hydrogen-bond donors (Lipinski definition) is 1. The molecule has 4 nitrogen and oxygen atoms in total. The van der Waals surface area contributed by atoms with Crippen LogP contribution in [-0.2, 0) is 11.3 Å². The smallest absolute Gasteiger partial charge is 0.337 e. The number of carboxylic acid groups (broad SMARTS) is 1. The fraction of sp³-hybridized carbons (Fsp3) is 0.455. The van der Waals surface area contributed by atoms with Crippen molar-refractivity contribution < 1.29 is 14.6 Å². The van der Waals surface area contributed by atoms with Gasteiger partial charge in [-0.15, -0.1) is 0 Å². The monoisotopic (exact) mass is 209 g/mol. The first-order chi connectivity index (χ1) is 7.24. The average Bonchev–Trinajstić information content (AvgIpc) is 2.25. The fourth-order valence-electron chi connectivity index (χ4n) is 1.06. The predicted molar refractivity (Wildman–Crippen MR) is 55.8 cm³/mol. The van der Waals surface area contributed by atoms with Gasteiger partial charge in [0.25, 0.3) is 0 Å². The second-order valence-electron chi connectivity index (χ2n) is 3.25. The zero-order chi connectivity index (χ0) is 11.1. The van der Waals surface area contributed by atoms with Crippen molar-refractivity contribution in [2.24, 2.45) is 0 Å². The molecule has 0 aliphatic rings. The van der Waals surface area contributed by atoms with Crippen LogP contribution in [0.25, 0.3) is 0 Å². The van der Waals surface area contributed by atoms with Gasteiger partial charge in [-0.3, -0.25) is 4.98 Å². The minimum absolute atomic E-state index is 0.201. The molecule has 0 saturated heterocycles. The lowest BCUT2D eigenvalue weighted by Gasteiger charge is -2.02. The SMILES string of the molecule is CCCCOCc1ccc(C(=O)O)cn1. The molecule has 1 aromatic heterocycles. The van der Waals surface area contributed by atoms with Crippen LogP contribution in [0.3, 0.4) is 0 Å². The van der Waals surface area contributed by atoms with Crippen molar-refractivity contribution in [1.29, 1.82) is 0 Å². The molecular weight excluding hydrogens is 194 g/mol. The maximum atomic E-state index is 10.5. The van der Waals surface area contributed by atoms with Crippen molar-refractivity contribution in [2.45, 2.75) is 26.4 Å². The molecular formula is C11H15NO3. The van der Waals surface area contributed by atoms with Crippen LogP contribution < -0.4 is 0 Å². The van der Waals surface area contributed by atoms with Crippen molar-refractivity contribution in [3.8, 4) is 0 Å². The van der Waals surface area contributed by atoms with Gasteiger partial charge in [-0.25, -0.2) is 4.79 Å². The summed E-state index contributed by atoms with van der Waals surface area (Å²) in [7, 11) is 0. The molecule has 0 fully saturated rings. The van der Waals surface area contributed by atoms with Crippen LogP contribution in [0.2, 0.25) is 0 Å². The third-order valence-corrected chi connectivity index (χ3v) is 1.96. The zero-order valence-corrected chi connectivity index (χ0v) is 8.77. The van der Waals surface area contributed by atoms with Crippen LogP contribution in [0.15, 0.2) is 18.3 Å². The summed E-state index contributed by atoms with van der Waals surface area (Å²) in [5.74, 6) is -0.957. The largest absolute Gasteiger partial charge is 0.478 e. The van der Waals surface area contributed by atoms with E-state index < -0.39 is 5.97 Å². The van der Waals surface area contributed by atoms with Gasteiger partial charge in [0, 0.05) is 12.8 Å². The lowest BCUT2D eigenvalue weighted by Crippen LogP contribution is -2.01. The third kappa shape index (κ3) is 4.08. The normalized spacial score (nSPS) is 10.2. The number of aromatic carboxylic acids is 1. The first-order valence-electron chi connectivity index (χ1n) is 5.00. The maximum absolute atomic E-state index is 10.5. The number of nitrogens with zero attached hydrogens (tertiary/aromatic N) is 1. The van der Waals surface area contributed by atoms with Crippen molar-refractivity contribution in [2.75, 3.05) is 6.61 Å². The van der Waals surface area contributed by atoms with E-state index in [1.165, 1.54) is 12.3 Å². The highest BCUT2D eigenvalue weighted by Gasteiger charge is 2.02. The first kappa shape index (κ1) is 11.7. The minimum Gasteiger partial charge on any atom is -0.478 e. The molecule has 0 aromatic carbocycles. The van der Waals surface area contributed by atoms with Crippen molar-refractivity contribution in [3.63, 3.8) is 0 Å². The Morgan fingerprint density at radius 2 is 2.33 bits per heavy atom. The van der Waals surface area contributed by atoms with Gasteiger partial charge >= 0.3 is 5.97 Å². The summed E-state index contributed by atoms with van der Waals surface area (Å²) in [5.41, 5.74) is 0.961. The molecule has 0 aliphatic carbocycles. The van der Waals surface area contributed by atoms with Crippen molar-refractivity contribution in [3.05, 3.63) is 29.6 Å². The van der Waals surface area contributed by atoms with Gasteiger partial charge in [0.05, 0.1) is 17.9 Å². The Morgan fingerprint density at radius 1 is 1.53 bits per heavy atom. The third-order valence-electron chi connectivity index (χ3n) is 1.96. The Balaban J connectivity index is 2.39. The lowest BCUT2D eigenvalue weighted by atomic mass is 10.2. The summed E-state index contributed by atoms with van der Waals surface area (Å²) in [4.78, 5) is 14.5. The number of carbonyl (C=O) groups is 1. The van der Waals surface area contributed by atoms with Crippen LogP contribution in [0.4, 0.5) is 0 Å². The van der Waals surface area contributed by atoms with E-state index >= 15 is 0 Å². The Bertz CT molecular complexity index is 308. The molecule has 0 amide bonds.